The van der Waals surface area contributed by atoms with E-state index in [0.29, 0.717) is 24.1 Å². The zero-order valence-corrected chi connectivity index (χ0v) is 12.4. The number of carbonyl (C=O) groups is 2. The number of thiocarbonyl (C=S) groups is 1. The summed E-state index contributed by atoms with van der Waals surface area (Å²) in [6, 6.07) is 0.495. The normalized spacial score (nSPS) is 10.6. The monoisotopic (exact) mass is 278 g/mol. The van der Waals surface area contributed by atoms with Crippen molar-refractivity contribution in [2.24, 2.45) is 0 Å². The molecule has 0 unspecified atom stereocenters. The van der Waals surface area contributed by atoms with Gasteiger partial charge in [-0.2, -0.15) is 0 Å². The zero-order valence-electron chi connectivity index (χ0n) is 10.6. The molecule has 7 heteroatoms. The molecule has 0 aromatic rings. The van der Waals surface area contributed by atoms with Crippen molar-refractivity contribution in [3.63, 3.8) is 0 Å². The van der Waals surface area contributed by atoms with E-state index in [0.717, 1.165) is 0 Å². The molecular weight excluding hydrogens is 260 g/mol. The largest absolute Gasteiger partial charge is 0.487 e. The summed E-state index contributed by atoms with van der Waals surface area (Å²) in [5.74, 6) is -0.875. The van der Waals surface area contributed by atoms with Gasteiger partial charge in [-0.1, -0.05) is 0 Å². The first kappa shape index (κ1) is 16.0. The molecule has 0 aliphatic carbocycles. The van der Waals surface area contributed by atoms with Crippen LogP contribution in [0, 0.1) is 0 Å². The molecule has 0 amide bonds. The Morgan fingerprint density at radius 2 is 1.59 bits per heavy atom. The second-order valence-corrected chi connectivity index (χ2v) is 7.52. The molecule has 0 N–H and O–H groups in total. The number of ether oxygens (including phenoxy) is 1. The van der Waals surface area contributed by atoms with Gasteiger partial charge >= 0.3 is 8.56 Å². The number of rotatable bonds is 6. The minimum Gasteiger partial charge on any atom is -0.487 e. The van der Waals surface area contributed by atoms with Crippen LogP contribution in [-0.2, 0) is 23.2 Å². The molecule has 0 aliphatic rings. The molecule has 0 heterocycles. The van der Waals surface area contributed by atoms with Crippen molar-refractivity contribution in [3.05, 3.63) is 0 Å². The van der Waals surface area contributed by atoms with Gasteiger partial charge in [-0.25, -0.2) is 0 Å². The highest BCUT2D eigenvalue weighted by Gasteiger charge is 2.37. The number of carbonyl (C=O) groups excluding carboxylic acids is 2. The second kappa shape index (κ2) is 7.39. The Morgan fingerprint density at radius 1 is 1.12 bits per heavy atom. The molecule has 0 aromatic carbocycles. The van der Waals surface area contributed by atoms with Crippen LogP contribution in [0.15, 0.2) is 0 Å². The summed E-state index contributed by atoms with van der Waals surface area (Å²) in [5, 5.41) is 0.466. The van der Waals surface area contributed by atoms with E-state index < -0.39 is 20.5 Å². The molecule has 0 aromatic heterocycles. The van der Waals surface area contributed by atoms with Crippen molar-refractivity contribution in [1.82, 2.24) is 0 Å². The maximum absolute atomic E-state index is 11.0. The molecule has 0 saturated carbocycles. The SMILES string of the molecule is CC(=O)O[Si](C)(CCCOC(C)=S)OC(C)=O. The molecule has 0 rings (SSSR count). The van der Waals surface area contributed by atoms with Gasteiger partial charge in [-0.15, -0.1) is 0 Å². The Bertz CT molecular complexity index is 289. The van der Waals surface area contributed by atoms with E-state index in [1.54, 1.807) is 13.5 Å². The smallest absolute Gasteiger partial charge is 0.461 e. The fourth-order valence-corrected chi connectivity index (χ4v) is 3.67. The summed E-state index contributed by atoms with van der Waals surface area (Å²) < 4.78 is 15.4. The highest BCUT2D eigenvalue weighted by molar-refractivity contribution is 7.80. The predicted octanol–water partition coefficient (Wildman–Crippen LogP) is 1.94. The van der Waals surface area contributed by atoms with Crippen molar-refractivity contribution in [1.29, 1.82) is 0 Å². The molecule has 0 atom stereocenters. The molecular formula is C10H18O5SSi. The van der Waals surface area contributed by atoms with E-state index in [2.05, 4.69) is 0 Å². The van der Waals surface area contributed by atoms with Gasteiger partial charge in [0.25, 0.3) is 11.9 Å². The third-order valence-corrected chi connectivity index (χ3v) is 4.62. The topological polar surface area (TPSA) is 61.8 Å². The van der Waals surface area contributed by atoms with Crippen molar-refractivity contribution in [2.45, 2.75) is 39.8 Å². The average molecular weight is 278 g/mol. The van der Waals surface area contributed by atoms with Crippen molar-refractivity contribution < 1.29 is 23.2 Å². The second-order valence-electron chi connectivity index (χ2n) is 3.76. The Morgan fingerprint density at radius 3 is 1.94 bits per heavy atom. The van der Waals surface area contributed by atoms with Crippen LogP contribution in [-0.4, -0.2) is 32.2 Å². The maximum Gasteiger partial charge on any atom is 0.461 e. The summed E-state index contributed by atoms with van der Waals surface area (Å²) in [7, 11) is -2.77. The van der Waals surface area contributed by atoms with Gasteiger partial charge in [0.2, 0.25) is 0 Å². The van der Waals surface area contributed by atoms with Gasteiger partial charge in [0.05, 0.1) is 6.61 Å². The van der Waals surface area contributed by atoms with Gasteiger partial charge in [0.15, 0.2) is 5.05 Å². The lowest BCUT2D eigenvalue weighted by atomic mass is 10.5. The molecule has 0 fully saturated rings. The molecule has 0 bridgehead atoms. The molecule has 0 radical (unpaired) electrons. The first-order valence-corrected chi connectivity index (χ1v) is 8.21. The van der Waals surface area contributed by atoms with Gasteiger partial charge in [-0.3, -0.25) is 9.59 Å². The van der Waals surface area contributed by atoms with E-state index in [9.17, 15) is 9.59 Å². The fourth-order valence-electron chi connectivity index (χ4n) is 1.34. The minimum absolute atomic E-state index is 0.431. The third kappa shape index (κ3) is 8.81. The Labute approximate surface area is 108 Å². The van der Waals surface area contributed by atoms with Gasteiger partial charge in [0.1, 0.15) is 0 Å². The summed E-state index contributed by atoms with van der Waals surface area (Å²) >= 11 is 4.76. The minimum atomic E-state index is -2.77. The van der Waals surface area contributed by atoms with Crippen LogP contribution in [0.3, 0.4) is 0 Å². The lowest BCUT2D eigenvalue weighted by molar-refractivity contribution is -0.138. The summed E-state index contributed by atoms with van der Waals surface area (Å²) in [6.45, 7) is 6.39. The third-order valence-electron chi connectivity index (χ3n) is 1.80. The fraction of sp³-hybridized carbons (Fsp3) is 0.700. The molecule has 0 aliphatic heterocycles. The average Bonchev–Trinajstić information content (AvgIpc) is 2.09. The van der Waals surface area contributed by atoms with Crippen LogP contribution >= 0.6 is 12.2 Å². The van der Waals surface area contributed by atoms with Gasteiger partial charge < -0.3 is 13.6 Å². The summed E-state index contributed by atoms with van der Waals surface area (Å²) in [4.78, 5) is 21.9. The Kier molecular flexibility index (Phi) is 6.97. The van der Waals surface area contributed by atoms with Crippen molar-refractivity contribution >= 4 is 37.8 Å². The van der Waals surface area contributed by atoms with E-state index in [1.165, 1.54) is 13.8 Å². The number of hydrogen-bond donors (Lipinski definition) is 0. The van der Waals surface area contributed by atoms with E-state index >= 15 is 0 Å². The quantitative estimate of drug-likeness (QED) is 0.420. The van der Waals surface area contributed by atoms with Crippen LogP contribution in [0.2, 0.25) is 12.6 Å². The molecule has 0 spiro atoms. The first-order chi connectivity index (χ1) is 7.75. The van der Waals surface area contributed by atoms with Crippen LogP contribution < -0.4 is 0 Å². The number of hydrogen-bond acceptors (Lipinski definition) is 6. The highest BCUT2D eigenvalue weighted by Crippen LogP contribution is 2.16. The Balaban J connectivity index is 4.23. The lowest BCUT2D eigenvalue weighted by Gasteiger charge is -2.24. The van der Waals surface area contributed by atoms with Crippen LogP contribution in [0.5, 0.6) is 0 Å². The summed E-state index contributed by atoms with van der Waals surface area (Å²) in [6.07, 6.45) is 0.622. The standard InChI is InChI=1S/C10H18O5SSi/c1-8(11)14-17(4,15-9(2)12)7-5-6-13-10(3)16/h5-7H2,1-4H3. The zero-order chi connectivity index (χ0) is 13.5. The molecule has 0 saturated heterocycles. The van der Waals surface area contributed by atoms with Crippen LogP contribution in [0.4, 0.5) is 0 Å². The highest BCUT2D eigenvalue weighted by atomic mass is 32.1. The van der Waals surface area contributed by atoms with Crippen LogP contribution in [0.1, 0.15) is 27.2 Å². The van der Waals surface area contributed by atoms with Crippen LogP contribution in [0.25, 0.3) is 0 Å². The van der Waals surface area contributed by atoms with Gasteiger partial charge in [0, 0.05) is 33.4 Å². The maximum atomic E-state index is 11.0. The van der Waals surface area contributed by atoms with Crippen molar-refractivity contribution in [3.8, 4) is 0 Å². The molecule has 5 nitrogen and oxygen atoms in total. The first-order valence-electron chi connectivity index (χ1n) is 5.28. The molecule has 17 heavy (non-hydrogen) atoms. The van der Waals surface area contributed by atoms with Gasteiger partial charge in [-0.05, 0) is 18.6 Å². The summed E-state index contributed by atoms with van der Waals surface area (Å²) in [5.41, 5.74) is 0. The molecule has 98 valence electrons. The van der Waals surface area contributed by atoms with E-state index in [-0.39, 0.29) is 0 Å². The van der Waals surface area contributed by atoms with E-state index in [4.69, 9.17) is 25.8 Å². The van der Waals surface area contributed by atoms with E-state index in [1.807, 2.05) is 0 Å². The predicted molar refractivity (Wildman–Crippen MR) is 68.8 cm³/mol. The Hall–Kier alpha value is -0.953. The lowest BCUT2D eigenvalue weighted by Crippen LogP contribution is -2.41. The van der Waals surface area contributed by atoms with Crippen molar-refractivity contribution in [2.75, 3.05) is 6.61 Å².